The van der Waals surface area contributed by atoms with Crippen LogP contribution in [0.5, 0.6) is 5.75 Å². The van der Waals surface area contributed by atoms with Crippen molar-refractivity contribution >= 4 is 17.6 Å². The highest BCUT2D eigenvalue weighted by Gasteiger charge is 2.15. The van der Waals surface area contributed by atoms with Crippen molar-refractivity contribution in [2.24, 2.45) is 0 Å². The van der Waals surface area contributed by atoms with Crippen molar-refractivity contribution in [3.63, 3.8) is 0 Å². The highest BCUT2D eigenvalue weighted by molar-refractivity contribution is 6.33. The number of aromatic carboxylic acids is 1. The van der Waals surface area contributed by atoms with Gasteiger partial charge in [-0.25, -0.2) is 9.18 Å². The van der Waals surface area contributed by atoms with Gasteiger partial charge in [-0.05, 0) is 18.2 Å². The van der Waals surface area contributed by atoms with Crippen LogP contribution in [-0.4, -0.2) is 16.1 Å². The lowest BCUT2D eigenvalue weighted by Gasteiger charge is -2.10. The summed E-state index contributed by atoms with van der Waals surface area (Å²) in [6, 6.07) is 5.79. The smallest absolute Gasteiger partial charge is 0.341 e. The molecule has 4 nitrogen and oxygen atoms in total. The summed E-state index contributed by atoms with van der Waals surface area (Å²) < 4.78 is 18.3. The molecule has 98 valence electrons. The molecule has 0 aliphatic heterocycles. The van der Waals surface area contributed by atoms with Crippen molar-refractivity contribution in [2.75, 3.05) is 0 Å². The Balaban J connectivity index is 2.20. The van der Waals surface area contributed by atoms with E-state index in [1.807, 2.05) is 0 Å². The number of rotatable bonds is 4. The van der Waals surface area contributed by atoms with E-state index in [1.165, 1.54) is 24.4 Å². The maximum Gasteiger partial charge on any atom is 0.341 e. The average Bonchev–Trinajstić information content (AvgIpc) is 2.36. The summed E-state index contributed by atoms with van der Waals surface area (Å²) in [6.45, 7) is 0.00534. The fraction of sp³-hybridized carbons (Fsp3) is 0.0769. The molecule has 2 rings (SSSR count). The molecular weight excluding hydrogens is 273 g/mol. The van der Waals surface area contributed by atoms with Gasteiger partial charge in [0.05, 0.1) is 11.2 Å². The normalized spacial score (nSPS) is 10.2. The number of nitrogens with zero attached hydrogens (tertiary/aromatic N) is 1. The standard InChI is InChI=1S/C13H9ClFNO3/c14-10-2-1-3-11(12(10)13(17)18)19-7-8-4-9(15)6-16-5-8/h1-6H,7H2,(H,17,18). The van der Waals surface area contributed by atoms with Crippen LogP contribution >= 0.6 is 11.6 Å². The number of halogens is 2. The maximum absolute atomic E-state index is 12.9. The molecule has 0 unspecified atom stereocenters. The van der Waals surface area contributed by atoms with Gasteiger partial charge in [-0.2, -0.15) is 0 Å². The topological polar surface area (TPSA) is 59.4 Å². The van der Waals surface area contributed by atoms with Crippen LogP contribution in [0.4, 0.5) is 4.39 Å². The minimum Gasteiger partial charge on any atom is -0.488 e. The zero-order chi connectivity index (χ0) is 13.8. The van der Waals surface area contributed by atoms with Crippen LogP contribution in [0.2, 0.25) is 5.02 Å². The van der Waals surface area contributed by atoms with Gasteiger partial charge in [0.2, 0.25) is 0 Å². The monoisotopic (exact) mass is 281 g/mol. The van der Waals surface area contributed by atoms with Crippen molar-refractivity contribution in [2.45, 2.75) is 6.61 Å². The lowest BCUT2D eigenvalue weighted by molar-refractivity contribution is 0.0692. The van der Waals surface area contributed by atoms with Crippen LogP contribution in [0, 0.1) is 5.82 Å². The Bertz CT molecular complexity index is 619. The van der Waals surface area contributed by atoms with Gasteiger partial charge >= 0.3 is 5.97 Å². The van der Waals surface area contributed by atoms with Crippen LogP contribution in [0.15, 0.2) is 36.7 Å². The number of benzene rings is 1. The molecule has 1 aromatic carbocycles. The molecule has 0 aliphatic rings. The summed E-state index contributed by atoms with van der Waals surface area (Å²) in [5, 5.41) is 9.14. The molecule has 0 aliphatic carbocycles. The molecule has 0 saturated carbocycles. The number of carboxylic acid groups (broad SMARTS) is 1. The predicted molar refractivity (Wildman–Crippen MR) is 66.9 cm³/mol. The molecule has 1 heterocycles. The Morgan fingerprint density at radius 1 is 1.42 bits per heavy atom. The first-order valence-electron chi connectivity index (χ1n) is 5.32. The van der Waals surface area contributed by atoms with E-state index in [0.29, 0.717) is 5.56 Å². The molecule has 1 N–H and O–H groups in total. The zero-order valence-electron chi connectivity index (χ0n) is 9.64. The van der Waals surface area contributed by atoms with E-state index in [-0.39, 0.29) is 22.9 Å². The lowest BCUT2D eigenvalue weighted by Crippen LogP contribution is -2.04. The lowest BCUT2D eigenvalue weighted by atomic mass is 10.2. The van der Waals surface area contributed by atoms with Crippen molar-refractivity contribution in [1.82, 2.24) is 4.98 Å². The first kappa shape index (κ1) is 13.3. The summed E-state index contributed by atoms with van der Waals surface area (Å²) in [4.78, 5) is 14.7. The summed E-state index contributed by atoms with van der Waals surface area (Å²) in [6.07, 6.45) is 2.51. The number of pyridine rings is 1. The zero-order valence-corrected chi connectivity index (χ0v) is 10.4. The first-order chi connectivity index (χ1) is 9.08. The van der Waals surface area contributed by atoms with Crippen LogP contribution in [0.25, 0.3) is 0 Å². The predicted octanol–water partition coefficient (Wildman–Crippen LogP) is 3.15. The van der Waals surface area contributed by atoms with Crippen molar-refractivity contribution in [3.8, 4) is 5.75 Å². The Kier molecular flexibility index (Phi) is 3.97. The number of carboxylic acids is 1. The number of carbonyl (C=O) groups is 1. The Labute approximate surface area is 113 Å². The van der Waals surface area contributed by atoms with Gasteiger partial charge in [-0.3, -0.25) is 4.98 Å². The second-order valence-corrected chi connectivity index (χ2v) is 4.13. The summed E-state index contributed by atoms with van der Waals surface area (Å²) in [7, 11) is 0. The molecule has 0 fully saturated rings. The van der Waals surface area contributed by atoms with E-state index in [2.05, 4.69) is 4.98 Å². The molecule has 0 spiro atoms. The van der Waals surface area contributed by atoms with Gasteiger partial charge in [-0.15, -0.1) is 0 Å². The molecule has 2 aromatic rings. The highest BCUT2D eigenvalue weighted by Crippen LogP contribution is 2.27. The molecular formula is C13H9ClFNO3. The average molecular weight is 282 g/mol. The summed E-state index contributed by atoms with van der Waals surface area (Å²) in [5.74, 6) is -1.53. The highest BCUT2D eigenvalue weighted by atomic mass is 35.5. The molecule has 6 heteroatoms. The van der Waals surface area contributed by atoms with Gasteiger partial charge in [-0.1, -0.05) is 17.7 Å². The van der Waals surface area contributed by atoms with Gasteiger partial charge in [0.25, 0.3) is 0 Å². The molecule has 0 amide bonds. The second kappa shape index (κ2) is 5.67. The third-order valence-corrected chi connectivity index (χ3v) is 2.66. The van der Waals surface area contributed by atoms with Crippen LogP contribution < -0.4 is 4.74 Å². The minimum atomic E-state index is -1.18. The van der Waals surface area contributed by atoms with E-state index in [1.54, 1.807) is 6.07 Å². The number of aromatic nitrogens is 1. The van der Waals surface area contributed by atoms with Crippen LogP contribution in [0.3, 0.4) is 0 Å². The second-order valence-electron chi connectivity index (χ2n) is 3.72. The summed E-state index contributed by atoms with van der Waals surface area (Å²) in [5.41, 5.74) is 0.379. The van der Waals surface area contributed by atoms with Crippen molar-refractivity contribution in [1.29, 1.82) is 0 Å². The number of ether oxygens (including phenoxy) is 1. The van der Waals surface area contributed by atoms with Gasteiger partial charge < -0.3 is 9.84 Å². The molecule has 0 bridgehead atoms. The maximum atomic E-state index is 12.9. The number of hydrogen-bond acceptors (Lipinski definition) is 3. The van der Waals surface area contributed by atoms with E-state index >= 15 is 0 Å². The quantitative estimate of drug-likeness (QED) is 0.935. The Morgan fingerprint density at radius 3 is 2.89 bits per heavy atom. The van der Waals surface area contributed by atoms with Gasteiger partial charge in [0.1, 0.15) is 23.7 Å². The van der Waals surface area contributed by atoms with Crippen molar-refractivity contribution < 1.29 is 19.0 Å². The summed E-state index contributed by atoms with van der Waals surface area (Å²) >= 11 is 5.80. The van der Waals surface area contributed by atoms with E-state index in [4.69, 9.17) is 21.4 Å². The fourth-order valence-corrected chi connectivity index (χ4v) is 1.77. The van der Waals surface area contributed by atoms with E-state index in [0.717, 1.165) is 6.20 Å². The van der Waals surface area contributed by atoms with Crippen molar-refractivity contribution in [3.05, 3.63) is 58.6 Å². The van der Waals surface area contributed by atoms with E-state index in [9.17, 15) is 9.18 Å². The minimum absolute atomic E-state index is 0.00534. The third-order valence-electron chi connectivity index (χ3n) is 2.35. The van der Waals surface area contributed by atoms with E-state index < -0.39 is 11.8 Å². The molecule has 0 atom stereocenters. The van der Waals surface area contributed by atoms with Crippen LogP contribution in [0.1, 0.15) is 15.9 Å². The van der Waals surface area contributed by atoms with Crippen LogP contribution in [-0.2, 0) is 6.61 Å². The Hall–Kier alpha value is -2.14. The number of hydrogen-bond donors (Lipinski definition) is 1. The molecule has 0 saturated heterocycles. The first-order valence-corrected chi connectivity index (χ1v) is 5.70. The molecule has 19 heavy (non-hydrogen) atoms. The Morgan fingerprint density at radius 2 is 2.21 bits per heavy atom. The SMILES string of the molecule is O=C(O)c1c(Cl)cccc1OCc1cncc(F)c1. The third kappa shape index (κ3) is 3.20. The van der Waals surface area contributed by atoms with Gasteiger partial charge in [0.15, 0.2) is 0 Å². The molecule has 1 aromatic heterocycles. The largest absolute Gasteiger partial charge is 0.488 e. The van der Waals surface area contributed by atoms with Gasteiger partial charge in [0, 0.05) is 11.8 Å². The fourth-order valence-electron chi connectivity index (χ4n) is 1.53. The molecule has 0 radical (unpaired) electrons.